The first-order valence-electron chi connectivity index (χ1n) is 5.69. The normalized spacial score (nSPS) is 10.3. The summed E-state index contributed by atoms with van der Waals surface area (Å²) < 4.78 is 1.73. The molecule has 1 aromatic carbocycles. The lowest BCUT2D eigenvalue weighted by molar-refractivity contribution is -0.116. The first kappa shape index (κ1) is 12.6. The van der Waals surface area contributed by atoms with Crippen LogP contribution >= 0.6 is 11.6 Å². The first-order chi connectivity index (χ1) is 8.66. The minimum Gasteiger partial charge on any atom is -0.326 e. The van der Waals surface area contributed by atoms with Crippen LogP contribution in [-0.2, 0) is 11.3 Å². The van der Waals surface area contributed by atoms with Gasteiger partial charge < -0.3 is 5.32 Å². The van der Waals surface area contributed by atoms with Crippen LogP contribution in [0.15, 0.2) is 36.7 Å². The SMILES string of the molecule is Cc1c(Cl)cccc1NC(=O)CCn1cccn1. The Kier molecular flexibility index (Phi) is 3.99. The molecule has 1 heterocycles. The summed E-state index contributed by atoms with van der Waals surface area (Å²) in [7, 11) is 0. The highest BCUT2D eigenvalue weighted by Crippen LogP contribution is 2.22. The smallest absolute Gasteiger partial charge is 0.226 e. The third kappa shape index (κ3) is 3.11. The zero-order valence-corrected chi connectivity index (χ0v) is 10.8. The molecule has 0 radical (unpaired) electrons. The predicted molar refractivity (Wildman–Crippen MR) is 71.7 cm³/mol. The first-order valence-corrected chi connectivity index (χ1v) is 6.07. The number of hydrogen-bond acceptors (Lipinski definition) is 2. The van der Waals surface area contributed by atoms with Crippen molar-refractivity contribution in [1.82, 2.24) is 9.78 Å². The maximum absolute atomic E-state index is 11.8. The number of rotatable bonds is 4. The summed E-state index contributed by atoms with van der Waals surface area (Å²) in [5.74, 6) is -0.0455. The largest absolute Gasteiger partial charge is 0.326 e. The van der Waals surface area contributed by atoms with Gasteiger partial charge in [0.15, 0.2) is 0 Å². The number of carbonyl (C=O) groups is 1. The Morgan fingerprint density at radius 3 is 3.00 bits per heavy atom. The topological polar surface area (TPSA) is 46.9 Å². The lowest BCUT2D eigenvalue weighted by Crippen LogP contribution is -2.15. The van der Waals surface area contributed by atoms with Gasteiger partial charge in [-0.3, -0.25) is 9.48 Å². The van der Waals surface area contributed by atoms with Gasteiger partial charge in [0.1, 0.15) is 0 Å². The summed E-state index contributed by atoms with van der Waals surface area (Å²) in [6, 6.07) is 7.29. The van der Waals surface area contributed by atoms with Crippen LogP contribution in [0.25, 0.3) is 0 Å². The van der Waals surface area contributed by atoms with Crippen LogP contribution in [0.5, 0.6) is 0 Å². The molecule has 0 aliphatic rings. The molecule has 0 bridgehead atoms. The van der Waals surface area contributed by atoms with Crippen molar-refractivity contribution in [2.45, 2.75) is 19.9 Å². The molecule has 0 aliphatic carbocycles. The van der Waals surface area contributed by atoms with Crippen molar-refractivity contribution in [3.63, 3.8) is 0 Å². The lowest BCUT2D eigenvalue weighted by Gasteiger charge is -2.09. The maximum Gasteiger partial charge on any atom is 0.226 e. The number of benzene rings is 1. The number of aromatic nitrogens is 2. The minimum absolute atomic E-state index is 0.0455. The van der Waals surface area contributed by atoms with E-state index in [0.717, 1.165) is 11.3 Å². The average molecular weight is 264 g/mol. The molecule has 2 aromatic rings. The van der Waals surface area contributed by atoms with Crippen LogP contribution in [0.4, 0.5) is 5.69 Å². The van der Waals surface area contributed by atoms with E-state index in [2.05, 4.69) is 10.4 Å². The number of nitrogens with one attached hydrogen (secondary N) is 1. The van der Waals surface area contributed by atoms with Crippen molar-refractivity contribution >= 4 is 23.2 Å². The summed E-state index contributed by atoms with van der Waals surface area (Å²) in [6.45, 7) is 2.45. The van der Waals surface area contributed by atoms with Crippen LogP contribution in [0.2, 0.25) is 5.02 Å². The van der Waals surface area contributed by atoms with Gasteiger partial charge in [-0.25, -0.2) is 0 Å². The van der Waals surface area contributed by atoms with E-state index in [1.54, 1.807) is 16.9 Å². The van der Waals surface area contributed by atoms with Crippen molar-refractivity contribution in [2.75, 3.05) is 5.32 Å². The molecule has 2 rings (SSSR count). The Morgan fingerprint density at radius 2 is 2.28 bits per heavy atom. The van der Waals surface area contributed by atoms with E-state index < -0.39 is 0 Å². The van der Waals surface area contributed by atoms with E-state index in [-0.39, 0.29) is 5.91 Å². The van der Waals surface area contributed by atoms with Crippen molar-refractivity contribution in [3.8, 4) is 0 Å². The Hall–Kier alpha value is -1.81. The van der Waals surface area contributed by atoms with Crippen molar-refractivity contribution < 1.29 is 4.79 Å². The highest BCUT2D eigenvalue weighted by atomic mass is 35.5. The fourth-order valence-corrected chi connectivity index (χ4v) is 1.78. The monoisotopic (exact) mass is 263 g/mol. The van der Waals surface area contributed by atoms with Gasteiger partial charge in [0.2, 0.25) is 5.91 Å². The second kappa shape index (κ2) is 5.69. The zero-order chi connectivity index (χ0) is 13.0. The second-order valence-electron chi connectivity index (χ2n) is 3.98. The molecular formula is C13H14ClN3O. The number of anilines is 1. The maximum atomic E-state index is 11.8. The summed E-state index contributed by atoms with van der Waals surface area (Å²) in [6.07, 6.45) is 3.91. The van der Waals surface area contributed by atoms with Gasteiger partial charge in [0, 0.05) is 36.1 Å². The van der Waals surface area contributed by atoms with Crippen LogP contribution in [0.1, 0.15) is 12.0 Å². The van der Waals surface area contributed by atoms with E-state index in [9.17, 15) is 4.79 Å². The molecule has 0 unspecified atom stereocenters. The third-order valence-corrected chi connectivity index (χ3v) is 3.08. The van der Waals surface area contributed by atoms with Crippen LogP contribution in [0.3, 0.4) is 0 Å². The van der Waals surface area contributed by atoms with Crippen molar-refractivity contribution in [2.24, 2.45) is 0 Å². The number of carbonyl (C=O) groups excluding carboxylic acids is 1. The van der Waals surface area contributed by atoms with Crippen LogP contribution < -0.4 is 5.32 Å². The van der Waals surface area contributed by atoms with Gasteiger partial charge in [0.25, 0.3) is 0 Å². The van der Waals surface area contributed by atoms with Crippen molar-refractivity contribution in [1.29, 1.82) is 0 Å². The van der Waals surface area contributed by atoms with Gasteiger partial charge in [0.05, 0.1) is 0 Å². The average Bonchev–Trinajstić information content (AvgIpc) is 2.86. The number of amides is 1. The number of hydrogen-bond donors (Lipinski definition) is 1. The molecule has 5 heteroatoms. The fourth-order valence-electron chi connectivity index (χ4n) is 1.60. The quantitative estimate of drug-likeness (QED) is 0.922. The molecule has 0 fully saturated rings. The highest BCUT2D eigenvalue weighted by Gasteiger charge is 2.06. The highest BCUT2D eigenvalue weighted by molar-refractivity contribution is 6.31. The standard InChI is InChI=1S/C13H14ClN3O/c1-10-11(14)4-2-5-12(10)16-13(18)6-9-17-8-3-7-15-17/h2-5,7-8H,6,9H2,1H3,(H,16,18). The molecule has 94 valence electrons. The Morgan fingerprint density at radius 1 is 1.44 bits per heavy atom. The summed E-state index contributed by atoms with van der Waals surface area (Å²) in [4.78, 5) is 11.8. The van der Waals surface area contributed by atoms with E-state index >= 15 is 0 Å². The van der Waals surface area contributed by atoms with E-state index in [1.807, 2.05) is 31.3 Å². The fraction of sp³-hybridized carbons (Fsp3) is 0.231. The van der Waals surface area contributed by atoms with Gasteiger partial charge >= 0.3 is 0 Å². The minimum atomic E-state index is -0.0455. The number of aryl methyl sites for hydroxylation is 1. The molecule has 1 amide bonds. The van der Waals surface area contributed by atoms with E-state index in [1.165, 1.54) is 0 Å². The number of halogens is 1. The number of nitrogens with zero attached hydrogens (tertiary/aromatic N) is 2. The zero-order valence-electron chi connectivity index (χ0n) is 10.1. The molecule has 1 aromatic heterocycles. The van der Waals surface area contributed by atoms with E-state index in [4.69, 9.17) is 11.6 Å². The molecule has 0 aliphatic heterocycles. The van der Waals surface area contributed by atoms with E-state index in [0.29, 0.717) is 18.0 Å². The lowest BCUT2D eigenvalue weighted by atomic mass is 10.2. The van der Waals surface area contributed by atoms with Crippen LogP contribution in [0, 0.1) is 6.92 Å². The summed E-state index contributed by atoms with van der Waals surface area (Å²) in [5, 5.41) is 7.54. The predicted octanol–water partition coefficient (Wildman–Crippen LogP) is 2.87. The third-order valence-electron chi connectivity index (χ3n) is 2.67. The summed E-state index contributed by atoms with van der Waals surface area (Å²) in [5.41, 5.74) is 1.64. The van der Waals surface area contributed by atoms with Gasteiger partial charge in [-0.15, -0.1) is 0 Å². The molecule has 18 heavy (non-hydrogen) atoms. The van der Waals surface area contributed by atoms with Gasteiger partial charge in [-0.1, -0.05) is 17.7 Å². The van der Waals surface area contributed by atoms with Gasteiger partial charge in [-0.05, 0) is 30.7 Å². The second-order valence-corrected chi connectivity index (χ2v) is 4.39. The Balaban J connectivity index is 1.93. The molecule has 0 saturated carbocycles. The van der Waals surface area contributed by atoms with Crippen LogP contribution in [-0.4, -0.2) is 15.7 Å². The Labute approximate surface area is 111 Å². The Bertz CT molecular complexity index is 537. The molecule has 0 saturated heterocycles. The molecule has 0 atom stereocenters. The molecule has 4 nitrogen and oxygen atoms in total. The van der Waals surface area contributed by atoms with Crippen molar-refractivity contribution in [3.05, 3.63) is 47.2 Å². The van der Waals surface area contributed by atoms with Gasteiger partial charge in [-0.2, -0.15) is 5.10 Å². The summed E-state index contributed by atoms with van der Waals surface area (Å²) >= 11 is 5.99. The molecular weight excluding hydrogens is 250 g/mol. The molecule has 0 spiro atoms. The molecule has 1 N–H and O–H groups in total.